The molecule has 106 valence electrons. The number of nitrogens with zero attached hydrogens (tertiary/aromatic N) is 1. The molecule has 2 aliphatic rings. The summed E-state index contributed by atoms with van der Waals surface area (Å²) in [5, 5.41) is 3.50. The number of nitrogens with one attached hydrogen (secondary N) is 1. The third kappa shape index (κ3) is 3.68. The summed E-state index contributed by atoms with van der Waals surface area (Å²) in [6.45, 7) is 7.12. The first-order chi connectivity index (χ1) is 8.48. The standard InChI is InChI=1S/C13H26N2O2S/c1-11(2)14-10-12-4-5-13(12)15-6-3-8-18(16,17)9-7-15/h11-14H,3-10H2,1-2H3. The molecule has 1 aliphatic carbocycles. The fourth-order valence-electron chi connectivity index (χ4n) is 2.95. The molecule has 0 aromatic carbocycles. The molecular weight excluding hydrogens is 248 g/mol. The van der Waals surface area contributed by atoms with Crippen molar-refractivity contribution < 1.29 is 8.42 Å². The van der Waals surface area contributed by atoms with Gasteiger partial charge in [0.1, 0.15) is 0 Å². The van der Waals surface area contributed by atoms with Crippen molar-refractivity contribution in [3.8, 4) is 0 Å². The predicted molar refractivity (Wildman–Crippen MR) is 74.5 cm³/mol. The lowest BCUT2D eigenvalue weighted by Crippen LogP contribution is -2.51. The van der Waals surface area contributed by atoms with Gasteiger partial charge in [-0.2, -0.15) is 0 Å². The fraction of sp³-hybridized carbons (Fsp3) is 1.00. The SMILES string of the molecule is CC(C)NCC1CCC1N1CCCS(=O)(=O)CC1. The minimum atomic E-state index is -2.77. The molecule has 1 saturated heterocycles. The molecular formula is C13H26N2O2S. The summed E-state index contributed by atoms with van der Waals surface area (Å²) in [7, 11) is -2.77. The molecule has 0 amide bonds. The Morgan fingerprint density at radius 3 is 2.61 bits per heavy atom. The van der Waals surface area contributed by atoms with Gasteiger partial charge in [-0.05, 0) is 38.3 Å². The molecule has 0 bridgehead atoms. The van der Waals surface area contributed by atoms with E-state index in [1.54, 1.807) is 0 Å². The van der Waals surface area contributed by atoms with Crippen molar-refractivity contribution in [2.75, 3.05) is 31.1 Å². The Labute approximate surface area is 111 Å². The van der Waals surface area contributed by atoms with Crippen LogP contribution in [0.25, 0.3) is 0 Å². The van der Waals surface area contributed by atoms with Crippen LogP contribution in [0.2, 0.25) is 0 Å². The van der Waals surface area contributed by atoms with E-state index in [1.807, 2.05) is 0 Å². The van der Waals surface area contributed by atoms with Gasteiger partial charge in [0.25, 0.3) is 0 Å². The van der Waals surface area contributed by atoms with Crippen molar-refractivity contribution in [3.63, 3.8) is 0 Å². The molecule has 4 nitrogen and oxygen atoms in total. The van der Waals surface area contributed by atoms with Gasteiger partial charge < -0.3 is 5.32 Å². The number of hydrogen-bond acceptors (Lipinski definition) is 4. The van der Waals surface area contributed by atoms with Crippen LogP contribution in [0.3, 0.4) is 0 Å². The normalized spacial score (nSPS) is 33.1. The molecule has 1 aliphatic heterocycles. The van der Waals surface area contributed by atoms with Crippen molar-refractivity contribution in [2.45, 2.75) is 45.2 Å². The first-order valence-corrected chi connectivity index (χ1v) is 8.98. The second-order valence-corrected chi connectivity index (χ2v) is 8.31. The average Bonchev–Trinajstić information content (AvgIpc) is 2.39. The van der Waals surface area contributed by atoms with Gasteiger partial charge in [0.2, 0.25) is 0 Å². The van der Waals surface area contributed by atoms with E-state index >= 15 is 0 Å². The maximum atomic E-state index is 11.6. The molecule has 1 N–H and O–H groups in total. The van der Waals surface area contributed by atoms with Crippen LogP contribution < -0.4 is 5.32 Å². The first-order valence-electron chi connectivity index (χ1n) is 7.16. The van der Waals surface area contributed by atoms with Gasteiger partial charge >= 0.3 is 0 Å². The van der Waals surface area contributed by atoms with Gasteiger partial charge in [0.15, 0.2) is 9.84 Å². The van der Waals surface area contributed by atoms with E-state index in [4.69, 9.17) is 0 Å². The largest absolute Gasteiger partial charge is 0.314 e. The second-order valence-electron chi connectivity index (χ2n) is 6.01. The van der Waals surface area contributed by atoms with Crippen molar-refractivity contribution in [1.82, 2.24) is 10.2 Å². The zero-order valence-corrected chi connectivity index (χ0v) is 12.4. The third-order valence-corrected chi connectivity index (χ3v) is 5.94. The number of hydrogen-bond donors (Lipinski definition) is 1. The molecule has 0 aromatic heterocycles. The summed E-state index contributed by atoms with van der Waals surface area (Å²) in [4.78, 5) is 2.42. The Kier molecular flexibility index (Phi) is 4.67. The highest BCUT2D eigenvalue weighted by molar-refractivity contribution is 7.91. The Morgan fingerprint density at radius 1 is 1.22 bits per heavy atom. The van der Waals surface area contributed by atoms with E-state index in [0.29, 0.717) is 29.5 Å². The van der Waals surface area contributed by atoms with Gasteiger partial charge in [-0.25, -0.2) is 8.42 Å². The Morgan fingerprint density at radius 2 is 2.00 bits per heavy atom. The van der Waals surface area contributed by atoms with Gasteiger partial charge in [-0.1, -0.05) is 13.8 Å². The van der Waals surface area contributed by atoms with Crippen LogP contribution in [0.5, 0.6) is 0 Å². The van der Waals surface area contributed by atoms with Gasteiger partial charge in [-0.3, -0.25) is 4.90 Å². The molecule has 1 heterocycles. The van der Waals surface area contributed by atoms with Crippen LogP contribution in [0, 0.1) is 5.92 Å². The molecule has 2 fully saturated rings. The maximum absolute atomic E-state index is 11.6. The van der Waals surface area contributed by atoms with Crippen LogP contribution in [0.4, 0.5) is 0 Å². The molecule has 1 saturated carbocycles. The monoisotopic (exact) mass is 274 g/mol. The molecule has 2 atom stereocenters. The van der Waals surface area contributed by atoms with Crippen LogP contribution >= 0.6 is 0 Å². The van der Waals surface area contributed by atoms with Crippen LogP contribution in [-0.4, -0.2) is 56.5 Å². The Balaban J connectivity index is 1.84. The Hall–Kier alpha value is -0.130. The summed E-state index contributed by atoms with van der Waals surface area (Å²) >= 11 is 0. The van der Waals surface area contributed by atoms with Crippen LogP contribution in [0.15, 0.2) is 0 Å². The fourth-order valence-corrected chi connectivity index (χ4v) is 4.23. The number of rotatable bonds is 4. The minimum absolute atomic E-state index is 0.355. The predicted octanol–water partition coefficient (Wildman–Crippen LogP) is 0.884. The minimum Gasteiger partial charge on any atom is -0.314 e. The highest BCUT2D eigenvalue weighted by Gasteiger charge is 2.36. The van der Waals surface area contributed by atoms with Crippen molar-refractivity contribution in [1.29, 1.82) is 0 Å². The van der Waals surface area contributed by atoms with E-state index in [1.165, 1.54) is 12.8 Å². The molecule has 18 heavy (non-hydrogen) atoms. The van der Waals surface area contributed by atoms with E-state index < -0.39 is 9.84 Å². The lowest BCUT2D eigenvalue weighted by molar-refractivity contribution is 0.0671. The number of sulfone groups is 1. The lowest BCUT2D eigenvalue weighted by atomic mass is 9.78. The van der Waals surface area contributed by atoms with Crippen LogP contribution in [0.1, 0.15) is 33.1 Å². The van der Waals surface area contributed by atoms with Crippen molar-refractivity contribution >= 4 is 9.84 Å². The van der Waals surface area contributed by atoms with E-state index in [9.17, 15) is 8.42 Å². The third-order valence-electron chi connectivity index (χ3n) is 4.22. The molecule has 2 rings (SSSR count). The molecule has 5 heteroatoms. The average molecular weight is 274 g/mol. The summed E-state index contributed by atoms with van der Waals surface area (Å²) < 4.78 is 23.2. The molecule has 2 unspecified atom stereocenters. The summed E-state index contributed by atoms with van der Waals surface area (Å²) in [5.41, 5.74) is 0. The van der Waals surface area contributed by atoms with Crippen molar-refractivity contribution in [3.05, 3.63) is 0 Å². The van der Waals surface area contributed by atoms with Crippen LogP contribution in [-0.2, 0) is 9.84 Å². The highest BCUT2D eigenvalue weighted by Crippen LogP contribution is 2.32. The quantitative estimate of drug-likeness (QED) is 0.827. The highest BCUT2D eigenvalue weighted by atomic mass is 32.2. The molecule has 0 spiro atoms. The van der Waals surface area contributed by atoms with Crippen molar-refractivity contribution in [2.24, 2.45) is 5.92 Å². The molecule has 0 radical (unpaired) electrons. The maximum Gasteiger partial charge on any atom is 0.151 e. The van der Waals surface area contributed by atoms with E-state index in [0.717, 1.165) is 26.1 Å². The zero-order chi connectivity index (χ0) is 13.2. The molecule has 0 aromatic rings. The summed E-state index contributed by atoms with van der Waals surface area (Å²) in [6.07, 6.45) is 3.33. The van der Waals surface area contributed by atoms with Gasteiger partial charge in [0.05, 0.1) is 11.5 Å². The summed E-state index contributed by atoms with van der Waals surface area (Å²) in [5.74, 6) is 1.45. The van der Waals surface area contributed by atoms with Gasteiger partial charge in [-0.15, -0.1) is 0 Å². The second kappa shape index (κ2) is 5.88. The smallest absolute Gasteiger partial charge is 0.151 e. The summed E-state index contributed by atoms with van der Waals surface area (Å²) in [6, 6.07) is 1.15. The van der Waals surface area contributed by atoms with E-state index in [2.05, 4.69) is 24.1 Å². The Bertz CT molecular complexity index is 367. The lowest BCUT2D eigenvalue weighted by Gasteiger charge is -2.44. The topological polar surface area (TPSA) is 49.4 Å². The zero-order valence-electron chi connectivity index (χ0n) is 11.6. The van der Waals surface area contributed by atoms with E-state index in [-0.39, 0.29) is 0 Å². The van der Waals surface area contributed by atoms with Gasteiger partial charge in [0, 0.05) is 18.6 Å². The first kappa shape index (κ1) is 14.3.